The Morgan fingerprint density at radius 2 is 0.773 bits per heavy atom. The van der Waals surface area contributed by atoms with E-state index in [2.05, 4.69) is 41.5 Å². The molecule has 0 saturated heterocycles. The van der Waals surface area contributed by atoms with E-state index >= 15 is 0 Å². The summed E-state index contributed by atoms with van der Waals surface area (Å²) in [5.41, 5.74) is 4.96. The van der Waals surface area contributed by atoms with Crippen molar-refractivity contribution in [2.45, 2.75) is 134 Å². The van der Waals surface area contributed by atoms with Crippen LogP contribution in [-0.2, 0) is 0 Å². The maximum absolute atomic E-state index is 2.64. The molecule has 1 heteroatoms. The molecular formula is C21H43P. The van der Waals surface area contributed by atoms with Crippen LogP contribution in [0.2, 0.25) is 0 Å². The van der Waals surface area contributed by atoms with E-state index < -0.39 is 6.60 Å². The molecule has 2 fully saturated rings. The van der Waals surface area contributed by atoms with Crippen LogP contribution in [0, 0.1) is 0 Å². The summed E-state index contributed by atoms with van der Waals surface area (Å²) in [6, 6.07) is 0. The zero-order valence-corrected chi connectivity index (χ0v) is 17.3. The Kier molecular flexibility index (Phi) is 6.08. The molecule has 0 nitrogen and oxygen atoms in total. The summed E-state index contributed by atoms with van der Waals surface area (Å²) in [5, 5.41) is 0. The summed E-state index contributed by atoms with van der Waals surface area (Å²) < 4.78 is 0. The van der Waals surface area contributed by atoms with Crippen molar-refractivity contribution in [3.8, 4) is 0 Å². The molecule has 2 rings (SSSR count). The van der Waals surface area contributed by atoms with Crippen LogP contribution in [0.25, 0.3) is 0 Å². The first-order chi connectivity index (χ1) is 10.4. The van der Waals surface area contributed by atoms with Crippen LogP contribution in [0.15, 0.2) is 0 Å². The molecule has 22 heavy (non-hydrogen) atoms. The van der Waals surface area contributed by atoms with Gasteiger partial charge in [0.15, 0.2) is 0 Å². The fourth-order valence-electron chi connectivity index (χ4n) is 7.97. The molecule has 0 N–H and O–H groups in total. The van der Waals surface area contributed by atoms with Gasteiger partial charge in [-0.25, -0.2) is 0 Å². The van der Waals surface area contributed by atoms with Gasteiger partial charge < -0.3 is 0 Å². The van der Waals surface area contributed by atoms with E-state index in [9.17, 15) is 0 Å². The first-order valence-corrected chi connectivity index (χ1v) is 13.0. The minimum atomic E-state index is -1.78. The van der Waals surface area contributed by atoms with Gasteiger partial charge in [0.2, 0.25) is 0 Å². The summed E-state index contributed by atoms with van der Waals surface area (Å²) in [6.45, 7) is 14.1. The third kappa shape index (κ3) is 2.42. The maximum atomic E-state index is 2.64. The Morgan fingerprint density at radius 1 is 0.500 bits per heavy atom. The molecule has 2 aliphatic rings. The summed E-state index contributed by atoms with van der Waals surface area (Å²) >= 11 is 0. The van der Waals surface area contributed by atoms with Gasteiger partial charge in [-0.1, -0.05) is 0 Å². The van der Waals surface area contributed by atoms with Crippen LogP contribution >= 0.6 is 6.60 Å². The Labute approximate surface area is 141 Å². The van der Waals surface area contributed by atoms with Crippen molar-refractivity contribution in [2.75, 3.05) is 0 Å². The normalized spacial score (nSPS) is 24.9. The van der Waals surface area contributed by atoms with Gasteiger partial charge in [-0.15, -0.1) is 0 Å². The zero-order valence-electron chi connectivity index (χ0n) is 16.4. The molecule has 0 spiro atoms. The van der Waals surface area contributed by atoms with Gasteiger partial charge in [-0.05, 0) is 0 Å². The molecule has 2 aliphatic carbocycles. The Balaban J connectivity index is 2.61. The van der Waals surface area contributed by atoms with Crippen molar-refractivity contribution in [2.24, 2.45) is 0 Å². The minimum absolute atomic E-state index is 0.928. The summed E-state index contributed by atoms with van der Waals surface area (Å²) in [7, 11) is 0. The van der Waals surface area contributed by atoms with Crippen molar-refractivity contribution >= 4 is 6.60 Å². The molecule has 0 aliphatic heterocycles. The van der Waals surface area contributed by atoms with Gasteiger partial charge in [0.1, 0.15) is 0 Å². The van der Waals surface area contributed by atoms with Gasteiger partial charge in [0.25, 0.3) is 0 Å². The monoisotopic (exact) mass is 326 g/mol. The van der Waals surface area contributed by atoms with Gasteiger partial charge in [0.05, 0.1) is 0 Å². The van der Waals surface area contributed by atoms with Gasteiger partial charge in [-0.2, -0.15) is 0 Å². The van der Waals surface area contributed by atoms with Crippen LogP contribution in [0.4, 0.5) is 0 Å². The molecule has 132 valence electrons. The predicted octanol–water partition coefficient (Wildman–Crippen LogP) is 7.43. The molecule has 0 heterocycles. The summed E-state index contributed by atoms with van der Waals surface area (Å²) in [4.78, 5) is 0. The van der Waals surface area contributed by atoms with Crippen LogP contribution < -0.4 is 0 Å². The number of hydrogen-bond donors (Lipinski definition) is 0. The molecule has 0 unspecified atom stereocenters. The fourth-order valence-corrected chi connectivity index (χ4v) is 20.3. The third-order valence-electron chi connectivity index (χ3n) is 8.41. The SMILES string of the molecule is CC(C)P(C(C)C)(C(C)C)(C1CCCCC1)C1CCCCC1. The second-order valence-electron chi connectivity index (χ2n) is 9.36. The van der Waals surface area contributed by atoms with E-state index in [0.29, 0.717) is 0 Å². The molecule has 0 aromatic rings. The van der Waals surface area contributed by atoms with Crippen LogP contribution in [0.1, 0.15) is 106 Å². The van der Waals surface area contributed by atoms with E-state index in [1.165, 1.54) is 38.5 Å². The van der Waals surface area contributed by atoms with Crippen molar-refractivity contribution < 1.29 is 0 Å². The van der Waals surface area contributed by atoms with Gasteiger partial charge in [-0.3, -0.25) is 0 Å². The van der Waals surface area contributed by atoms with Crippen molar-refractivity contribution in [3.63, 3.8) is 0 Å². The quantitative estimate of drug-likeness (QED) is 0.461. The van der Waals surface area contributed by atoms with E-state index in [4.69, 9.17) is 0 Å². The van der Waals surface area contributed by atoms with Crippen LogP contribution in [-0.4, -0.2) is 28.3 Å². The van der Waals surface area contributed by atoms with Crippen molar-refractivity contribution in [1.29, 1.82) is 0 Å². The number of rotatable bonds is 5. The van der Waals surface area contributed by atoms with Crippen LogP contribution in [0.5, 0.6) is 0 Å². The van der Waals surface area contributed by atoms with E-state index in [1.807, 2.05) is 0 Å². The van der Waals surface area contributed by atoms with Gasteiger partial charge >= 0.3 is 141 Å². The average Bonchev–Trinajstić information content (AvgIpc) is 2.50. The predicted molar refractivity (Wildman–Crippen MR) is 106 cm³/mol. The Bertz CT molecular complexity index is 296. The molecule has 2 saturated carbocycles. The van der Waals surface area contributed by atoms with Crippen LogP contribution in [0.3, 0.4) is 0 Å². The average molecular weight is 327 g/mol. The second kappa shape index (κ2) is 7.13. The Morgan fingerprint density at radius 3 is 1.00 bits per heavy atom. The molecule has 0 amide bonds. The van der Waals surface area contributed by atoms with E-state index in [-0.39, 0.29) is 0 Å². The summed E-state index contributed by atoms with van der Waals surface area (Å²) in [6.07, 6.45) is 15.3. The fraction of sp³-hybridized carbons (Fsp3) is 1.00. The molecule has 0 aromatic heterocycles. The third-order valence-corrected chi connectivity index (χ3v) is 20.0. The molecule has 0 radical (unpaired) electrons. The van der Waals surface area contributed by atoms with E-state index in [0.717, 1.165) is 28.3 Å². The molecule has 0 bridgehead atoms. The van der Waals surface area contributed by atoms with E-state index in [1.54, 1.807) is 25.7 Å². The van der Waals surface area contributed by atoms with Crippen molar-refractivity contribution in [3.05, 3.63) is 0 Å². The summed E-state index contributed by atoms with van der Waals surface area (Å²) in [5.74, 6) is 0. The molecular weight excluding hydrogens is 283 g/mol. The standard InChI is InChI=1S/C21H43P/c1-17(2)22(18(3)4,19(5)6,20-13-9-7-10-14-20)21-15-11-8-12-16-21/h17-21H,7-16H2,1-6H3. The molecule has 0 aromatic carbocycles. The number of hydrogen-bond acceptors (Lipinski definition) is 0. The second-order valence-corrected chi connectivity index (χ2v) is 16.9. The molecule has 0 atom stereocenters. The topological polar surface area (TPSA) is 0 Å². The zero-order chi connectivity index (χ0) is 16.4. The first kappa shape index (κ1) is 18.8. The van der Waals surface area contributed by atoms with Gasteiger partial charge in [0, 0.05) is 0 Å². The first-order valence-electron chi connectivity index (χ1n) is 10.4. The van der Waals surface area contributed by atoms with Crippen molar-refractivity contribution in [1.82, 2.24) is 0 Å². The Hall–Kier alpha value is 0.430.